The lowest BCUT2D eigenvalue weighted by Gasteiger charge is -2.14. The van der Waals surface area contributed by atoms with E-state index in [2.05, 4.69) is 55.4 Å². The summed E-state index contributed by atoms with van der Waals surface area (Å²) in [4.78, 5) is 4.33. The Morgan fingerprint density at radius 3 is 2.86 bits per heavy atom. The quantitative estimate of drug-likeness (QED) is 0.461. The highest BCUT2D eigenvalue weighted by Crippen LogP contribution is 2.27. The van der Waals surface area contributed by atoms with E-state index in [1.807, 2.05) is 37.4 Å². The third kappa shape index (κ3) is 4.24. The molecule has 1 atom stereocenters. The Bertz CT molecular complexity index is 1110. The lowest BCUT2D eigenvalue weighted by Crippen LogP contribution is -2.30. The first-order chi connectivity index (χ1) is 13.6. The van der Waals surface area contributed by atoms with Crippen LogP contribution in [-0.2, 0) is 6.42 Å². The molecule has 0 saturated heterocycles. The van der Waals surface area contributed by atoms with E-state index in [4.69, 9.17) is 10.5 Å². The number of nitrogens with two attached hydrogens (primary N) is 1. The van der Waals surface area contributed by atoms with E-state index in [9.17, 15) is 0 Å². The van der Waals surface area contributed by atoms with Gasteiger partial charge in [-0.05, 0) is 54.8 Å². The molecule has 0 amide bonds. The maximum absolute atomic E-state index is 6.25. The minimum atomic E-state index is -0.0945. The number of halogens is 1. The van der Waals surface area contributed by atoms with Crippen LogP contribution in [0.1, 0.15) is 11.3 Å². The second kappa shape index (κ2) is 8.12. The summed E-state index contributed by atoms with van der Waals surface area (Å²) in [5.74, 6) is 0.714. The number of rotatable bonds is 6. The number of aromatic nitrogens is 3. The molecule has 0 saturated carbocycles. The molecule has 28 heavy (non-hydrogen) atoms. The number of hydrogen-bond donors (Lipinski definition) is 2. The van der Waals surface area contributed by atoms with Gasteiger partial charge in [-0.25, -0.2) is 0 Å². The molecule has 2 aromatic heterocycles. The number of nitrogens with zero attached hydrogens (tertiary/aromatic N) is 2. The van der Waals surface area contributed by atoms with Crippen molar-refractivity contribution in [2.24, 2.45) is 5.73 Å². The van der Waals surface area contributed by atoms with Crippen molar-refractivity contribution in [3.05, 3.63) is 76.7 Å². The van der Waals surface area contributed by atoms with Gasteiger partial charge in [0.25, 0.3) is 0 Å². The number of aromatic amines is 1. The van der Waals surface area contributed by atoms with E-state index in [0.717, 1.165) is 38.6 Å². The van der Waals surface area contributed by atoms with Gasteiger partial charge in [0.05, 0.1) is 17.4 Å². The molecule has 4 aromatic rings. The molecule has 5 nitrogen and oxygen atoms in total. The van der Waals surface area contributed by atoms with Gasteiger partial charge in [0.1, 0.15) is 12.4 Å². The molecular weight excluding hydrogens is 416 g/mol. The number of hydrogen-bond acceptors (Lipinski definition) is 4. The summed E-state index contributed by atoms with van der Waals surface area (Å²) in [6.07, 6.45) is 4.31. The van der Waals surface area contributed by atoms with Crippen LogP contribution < -0.4 is 10.5 Å². The van der Waals surface area contributed by atoms with Gasteiger partial charge in [0, 0.05) is 27.7 Å². The Labute approximate surface area is 172 Å². The van der Waals surface area contributed by atoms with Gasteiger partial charge in [-0.15, -0.1) is 0 Å². The second-order valence-electron chi connectivity index (χ2n) is 6.88. The average molecular weight is 437 g/mol. The van der Waals surface area contributed by atoms with Crippen molar-refractivity contribution < 1.29 is 4.74 Å². The van der Waals surface area contributed by atoms with Crippen LogP contribution >= 0.6 is 15.9 Å². The highest BCUT2D eigenvalue weighted by molar-refractivity contribution is 9.10. The monoisotopic (exact) mass is 436 g/mol. The molecule has 2 aromatic carbocycles. The maximum atomic E-state index is 6.25. The van der Waals surface area contributed by atoms with Gasteiger partial charge in [0.2, 0.25) is 0 Å². The lowest BCUT2D eigenvalue weighted by atomic mass is 10.0. The van der Waals surface area contributed by atoms with Crippen molar-refractivity contribution in [2.75, 3.05) is 6.61 Å². The summed E-state index contributed by atoms with van der Waals surface area (Å²) in [5.41, 5.74) is 11.5. The van der Waals surface area contributed by atoms with Crippen LogP contribution in [0.15, 0.2) is 65.4 Å². The Hall–Kier alpha value is -2.70. The fourth-order valence-corrected chi connectivity index (χ4v) is 3.66. The van der Waals surface area contributed by atoms with E-state index < -0.39 is 0 Å². The predicted octanol–water partition coefficient (Wildman–Crippen LogP) is 4.64. The van der Waals surface area contributed by atoms with Gasteiger partial charge >= 0.3 is 0 Å². The summed E-state index contributed by atoms with van der Waals surface area (Å²) in [7, 11) is 0. The molecular formula is C22H21BrN4O. The summed E-state index contributed by atoms with van der Waals surface area (Å²) >= 11 is 3.49. The SMILES string of the molecule is Cc1n[nH]c2ccc(-c3cncc(OC[C@@H](N)Cc4cccc(Br)c4)c3)cc12. The summed E-state index contributed by atoms with van der Waals surface area (Å²) in [6.45, 7) is 2.42. The van der Waals surface area contributed by atoms with Crippen molar-refractivity contribution in [2.45, 2.75) is 19.4 Å². The molecule has 0 aliphatic carbocycles. The molecule has 3 N–H and O–H groups in total. The number of nitrogens with one attached hydrogen (secondary N) is 1. The Morgan fingerprint density at radius 1 is 1.11 bits per heavy atom. The summed E-state index contributed by atoms with van der Waals surface area (Å²) < 4.78 is 6.97. The van der Waals surface area contributed by atoms with Crippen LogP contribution in [0.5, 0.6) is 5.75 Å². The molecule has 0 aliphatic heterocycles. The normalized spacial score (nSPS) is 12.2. The minimum absolute atomic E-state index is 0.0945. The Morgan fingerprint density at radius 2 is 2.00 bits per heavy atom. The highest BCUT2D eigenvalue weighted by Gasteiger charge is 2.09. The number of benzene rings is 2. The van der Waals surface area contributed by atoms with Crippen LogP contribution in [0.2, 0.25) is 0 Å². The highest BCUT2D eigenvalue weighted by atomic mass is 79.9. The van der Waals surface area contributed by atoms with Crippen LogP contribution in [-0.4, -0.2) is 27.8 Å². The standard InChI is InChI=1S/C22H21BrN4O/c1-14-21-10-16(5-6-22(21)27-26-14)17-9-20(12-25-11-17)28-13-19(24)8-15-3-2-4-18(23)7-15/h2-7,9-12,19H,8,13,24H2,1H3,(H,26,27)/t19-/m0/s1. The molecule has 2 heterocycles. The fourth-order valence-electron chi connectivity index (χ4n) is 3.21. The van der Waals surface area contributed by atoms with Gasteiger partial charge in [-0.1, -0.05) is 34.1 Å². The van der Waals surface area contributed by atoms with Crippen LogP contribution in [0, 0.1) is 6.92 Å². The molecule has 6 heteroatoms. The number of H-pyrrole nitrogens is 1. The number of pyridine rings is 1. The van der Waals surface area contributed by atoms with Gasteiger partial charge < -0.3 is 10.5 Å². The Kier molecular flexibility index (Phi) is 5.41. The Balaban J connectivity index is 1.45. The van der Waals surface area contributed by atoms with Gasteiger partial charge in [0.15, 0.2) is 0 Å². The minimum Gasteiger partial charge on any atom is -0.490 e. The van der Waals surface area contributed by atoms with Crippen LogP contribution in [0.25, 0.3) is 22.0 Å². The van der Waals surface area contributed by atoms with E-state index in [0.29, 0.717) is 12.4 Å². The predicted molar refractivity (Wildman–Crippen MR) is 115 cm³/mol. The number of ether oxygens (including phenoxy) is 1. The van der Waals surface area contributed by atoms with Crippen molar-refractivity contribution in [3.8, 4) is 16.9 Å². The lowest BCUT2D eigenvalue weighted by molar-refractivity contribution is 0.286. The van der Waals surface area contributed by atoms with E-state index in [1.165, 1.54) is 5.56 Å². The smallest absolute Gasteiger partial charge is 0.138 e. The zero-order chi connectivity index (χ0) is 19.5. The zero-order valence-electron chi connectivity index (χ0n) is 15.5. The average Bonchev–Trinajstić information content (AvgIpc) is 3.07. The summed E-state index contributed by atoms with van der Waals surface area (Å²) in [5, 5.41) is 8.39. The number of fused-ring (bicyclic) bond motifs is 1. The van der Waals surface area contributed by atoms with Crippen molar-refractivity contribution in [1.82, 2.24) is 15.2 Å². The van der Waals surface area contributed by atoms with Crippen molar-refractivity contribution >= 4 is 26.8 Å². The first-order valence-electron chi connectivity index (χ1n) is 9.11. The molecule has 0 spiro atoms. The maximum Gasteiger partial charge on any atom is 0.138 e. The van der Waals surface area contributed by atoms with Gasteiger partial charge in [-0.3, -0.25) is 10.1 Å². The third-order valence-electron chi connectivity index (χ3n) is 4.65. The molecule has 0 bridgehead atoms. The fraction of sp³-hybridized carbons (Fsp3) is 0.182. The first-order valence-corrected chi connectivity index (χ1v) is 9.91. The van der Waals surface area contributed by atoms with Crippen molar-refractivity contribution in [1.29, 1.82) is 0 Å². The number of aryl methyl sites for hydroxylation is 1. The molecule has 0 unspecified atom stereocenters. The van der Waals surface area contributed by atoms with E-state index >= 15 is 0 Å². The zero-order valence-corrected chi connectivity index (χ0v) is 17.1. The van der Waals surface area contributed by atoms with Crippen molar-refractivity contribution in [3.63, 3.8) is 0 Å². The van der Waals surface area contributed by atoms with Crippen LogP contribution in [0.3, 0.4) is 0 Å². The molecule has 0 fully saturated rings. The molecule has 4 rings (SSSR count). The third-order valence-corrected chi connectivity index (χ3v) is 5.14. The molecule has 0 radical (unpaired) electrons. The summed E-state index contributed by atoms with van der Waals surface area (Å²) in [6, 6.07) is 16.3. The van der Waals surface area contributed by atoms with Crippen LogP contribution in [0.4, 0.5) is 0 Å². The van der Waals surface area contributed by atoms with E-state index in [1.54, 1.807) is 6.20 Å². The second-order valence-corrected chi connectivity index (χ2v) is 7.80. The molecule has 142 valence electrons. The van der Waals surface area contributed by atoms with Gasteiger partial charge in [-0.2, -0.15) is 5.10 Å². The van der Waals surface area contributed by atoms with E-state index in [-0.39, 0.29) is 6.04 Å². The first kappa shape index (κ1) is 18.7. The topological polar surface area (TPSA) is 76.8 Å². The largest absolute Gasteiger partial charge is 0.490 e. The molecule has 0 aliphatic rings.